The maximum atomic E-state index is 5.49. The minimum absolute atomic E-state index is 0.00197. The highest BCUT2D eigenvalue weighted by Crippen LogP contribution is 2.24. The van der Waals surface area contributed by atoms with E-state index in [1.165, 1.54) is 0 Å². The van der Waals surface area contributed by atoms with Crippen LogP contribution in [0.2, 0.25) is 0 Å². The van der Waals surface area contributed by atoms with E-state index in [9.17, 15) is 0 Å². The maximum Gasteiger partial charge on any atom is 0.177 e. The van der Waals surface area contributed by atoms with Crippen LogP contribution < -0.4 is 0 Å². The van der Waals surface area contributed by atoms with Gasteiger partial charge in [-0.1, -0.05) is 51.0 Å². The van der Waals surface area contributed by atoms with Crippen LogP contribution in [-0.2, 0) is 9.47 Å². The summed E-state index contributed by atoms with van der Waals surface area (Å²) in [5, 5.41) is 0. The Labute approximate surface area is 118 Å². The number of rotatable bonds is 7. The van der Waals surface area contributed by atoms with Crippen LogP contribution in [0.1, 0.15) is 34.6 Å². The molecule has 0 unspecified atom stereocenters. The predicted molar refractivity (Wildman–Crippen MR) is 81.7 cm³/mol. The summed E-state index contributed by atoms with van der Waals surface area (Å²) < 4.78 is 10.8. The molecule has 0 N–H and O–H groups in total. The molecule has 2 heteroatoms. The van der Waals surface area contributed by atoms with Crippen molar-refractivity contribution in [2.75, 3.05) is 13.2 Å². The number of allylic oxidation sites excluding steroid dienone is 5. The zero-order chi connectivity index (χ0) is 14.7. The van der Waals surface area contributed by atoms with Gasteiger partial charge < -0.3 is 9.47 Å². The Hall–Kier alpha value is -1.30. The first kappa shape index (κ1) is 17.7. The summed E-state index contributed by atoms with van der Waals surface area (Å²) >= 11 is 0. The van der Waals surface area contributed by atoms with Gasteiger partial charge in [0.15, 0.2) is 6.29 Å². The van der Waals surface area contributed by atoms with Crippen molar-refractivity contribution in [3.8, 4) is 12.3 Å². The van der Waals surface area contributed by atoms with Crippen molar-refractivity contribution in [3.05, 3.63) is 36.0 Å². The smallest absolute Gasteiger partial charge is 0.177 e. The van der Waals surface area contributed by atoms with Gasteiger partial charge in [0.25, 0.3) is 0 Å². The molecule has 0 rings (SSSR count). The van der Waals surface area contributed by atoms with Gasteiger partial charge in [-0.05, 0) is 25.3 Å². The van der Waals surface area contributed by atoms with E-state index in [4.69, 9.17) is 15.9 Å². The molecule has 0 radical (unpaired) electrons. The van der Waals surface area contributed by atoms with Gasteiger partial charge in [-0.3, -0.25) is 0 Å². The summed E-state index contributed by atoms with van der Waals surface area (Å²) in [7, 11) is 0. The standard InChI is InChI=1S/C17H26O2/c1-7-15(17(4,5)6)13-11-10-12-14-16(18-8-2)19-9-3/h1,10-14,16H,8-9H2,2-6H3. The highest BCUT2D eigenvalue weighted by Gasteiger charge is 2.13. The predicted octanol–water partition coefficient (Wildman–Crippen LogP) is 4.10. The lowest BCUT2D eigenvalue weighted by Crippen LogP contribution is -2.13. The molecule has 106 valence electrons. The fraction of sp³-hybridized carbons (Fsp3) is 0.529. The molecule has 0 aliphatic rings. The molecule has 0 bridgehead atoms. The Morgan fingerprint density at radius 3 is 2.11 bits per heavy atom. The fourth-order valence-electron chi connectivity index (χ4n) is 1.37. The molecule has 0 fully saturated rings. The Morgan fingerprint density at radius 1 is 1.11 bits per heavy atom. The highest BCUT2D eigenvalue weighted by atomic mass is 16.7. The average molecular weight is 262 g/mol. The minimum atomic E-state index is -0.279. The molecule has 0 aliphatic heterocycles. The van der Waals surface area contributed by atoms with Crippen LogP contribution >= 0.6 is 0 Å². The van der Waals surface area contributed by atoms with E-state index < -0.39 is 0 Å². The third-order valence-electron chi connectivity index (χ3n) is 2.38. The molecule has 0 aliphatic carbocycles. The molecule has 0 amide bonds. The van der Waals surface area contributed by atoms with E-state index in [0.29, 0.717) is 13.2 Å². The van der Waals surface area contributed by atoms with E-state index in [2.05, 4.69) is 26.7 Å². The molecule has 0 saturated carbocycles. The van der Waals surface area contributed by atoms with Gasteiger partial charge >= 0.3 is 0 Å². The molecule has 0 aromatic carbocycles. The molecule has 0 aromatic rings. The van der Waals surface area contributed by atoms with Crippen LogP contribution in [0.15, 0.2) is 36.0 Å². The first-order valence-corrected chi connectivity index (χ1v) is 6.71. The van der Waals surface area contributed by atoms with Gasteiger partial charge in [-0.25, -0.2) is 0 Å². The lowest BCUT2D eigenvalue weighted by Gasteiger charge is -2.17. The molecule has 0 atom stereocenters. The molecule has 0 spiro atoms. The summed E-state index contributed by atoms with van der Waals surface area (Å²) in [6.45, 7) is 11.4. The Morgan fingerprint density at radius 2 is 1.68 bits per heavy atom. The van der Waals surface area contributed by atoms with Gasteiger partial charge in [0, 0.05) is 18.8 Å². The summed E-state index contributed by atoms with van der Waals surface area (Å²) in [4.78, 5) is 0. The fourth-order valence-corrected chi connectivity index (χ4v) is 1.37. The zero-order valence-electron chi connectivity index (χ0n) is 12.8. The summed E-state index contributed by atoms with van der Waals surface area (Å²) in [5.41, 5.74) is 0.977. The van der Waals surface area contributed by atoms with E-state index in [-0.39, 0.29) is 11.7 Å². The molecule has 19 heavy (non-hydrogen) atoms. The molecule has 2 nitrogen and oxygen atoms in total. The lowest BCUT2D eigenvalue weighted by atomic mass is 9.87. The molecule has 0 saturated heterocycles. The number of terminal acetylenes is 1. The second-order valence-electron chi connectivity index (χ2n) is 5.02. The van der Waals surface area contributed by atoms with Crippen LogP contribution in [0.5, 0.6) is 0 Å². The largest absolute Gasteiger partial charge is 0.349 e. The topological polar surface area (TPSA) is 18.5 Å². The molecular formula is C17H26O2. The summed E-state index contributed by atoms with van der Waals surface area (Å²) in [6, 6.07) is 0. The normalized spacial score (nSPS) is 13.6. The monoisotopic (exact) mass is 262 g/mol. The second-order valence-corrected chi connectivity index (χ2v) is 5.02. The van der Waals surface area contributed by atoms with Gasteiger partial charge in [-0.15, -0.1) is 6.42 Å². The average Bonchev–Trinajstić information content (AvgIpc) is 2.32. The lowest BCUT2D eigenvalue weighted by molar-refractivity contribution is -0.103. The van der Waals surface area contributed by atoms with Gasteiger partial charge in [0.1, 0.15) is 0 Å². The Bertz CT molecular complexity index is 356. The van der Waals surface area contributed by atoms with E-state index in [0.717, 1.165) is 5.57 Å². The van der Waals surface area contributed by atoms with Crippen LogP contribution in [0, 0.1) is 17.8 Å². The van der Waals surface area contributed by atoms with Crippen molar-refractivity contribution in [1.29, 1.82) is 0 Å². The summed E-state index contributed by atoms with van der Waals surface area (Å²) in [6.07, 6.45) is 14.8. The number of hydrogen-bond donors (Lipinski definition) is 0. The van der Waals surface area contributed by atoms with Crippen molar-refractivity contribution < 1.29 is 9.47 Å². The van der Waals surface area contributed by atoms with E-state index >= 15 is 0 Å². The van der Waals surface area contributed by atoms with Crippen LogP contribution in [0.3, 0.4) is 0 Å². The first-order chi connectivity index (χ1) is 8.95. The van der Waals surface area contributed by atoms with Crippen LogP contribution in [0.25, 0.3) is 0 Å². The Balaban J connectivity index is 4.49. The molecule has 0 heterocycles. The highest BCUT2D eigenvalue weighted by molar-refractivity contribution is 5.34. The van der Waals surface area contributed by atoms with Gasteiger partial charge in [-0.2, -0.15) is 0 Å². The third-order valence-corrected chi connectivity index (χ3v) is 2.38. The first-order valence-electron chi connectivity index (χ1n) is 6.71. The summed E-state index contributed by atoms with van der Waals surface area (Å²) in [5.74, 6) is 2.72. The third kappa shape index (κ3) is 8.42. The zero-order valence-corrected chi connectivity index (χ0v) is 12.8. The van der Waals surface area contributed by atoms with E-state index in [1.54, 1.807) is 0 Å². The van der Waals surface area contributed by atoms with Crippen molar-refractivity contribution in [2.45, 2.75) is 40.9 Å². The minimum Gasteiger partial charge on any atom is -0.349 e. The van der Waals surface area contributed by atoms with Crippen molar-refractivity contribution >= 4 is 0 Å². The van der Waals surface area contributed by atoms with Crippen LogP contribution in [-0.4, -0.2) is 19.5 Å². The second kappa shape index (κ2) is 9.61. The molecular weight excluding hydrogens is 236 g/mol. The number of ether oxygens (including phenoxy) is 2. The quantitative estimate of drug-likeness (QED) is 0.390. The molecule has 0 aromatic heterocycles. The van der Waals surface area contributed by atoms with Crippen molar-refractivity contribution in [3.63, 3.8) is 0 Å². The van der Waals surface area contributed by atoms with Gasteiger partial charge in [0.05, 0.1) is 0 Å². The van der Waals surface area contributed by atoms with Crippen molar-refractivity contribution in [2.24, 2.45) is 5.41 Å². The maximum absolute atomic E-state index is 5.49. The SMILES string of the molecule is C#CC(=CC=CC=CC(OCC)OCC)C(C)(C)C. The van der Waals surface area contributed by atoms with E-state index in [1.807, 2.05) is 44.2 Å². The Kier molecular flexibility index (Phi) is 8.95. The van der Waals surface area contributed by atoms with Crippen LogP contribution in [0.4, 0.5) is 0 Å². The van der Waals surface area contributed by atoms with Crippen molar-refractivity contribution in [1.82, 2.24) is 0 Å². The van der Waals surface area contributed by atoms with Gasteiger partial charge in [0.2, 0.25) is 0 Å². The number of hydrogen-bond acceptors (Lipinski definition) is 2.